The van der Waals surface area contributed by atoms with Crippen molar-refractivity contribution >= 4 is 0 Å². The van der Waals surface area contributed by atoms with Crippen LogP contribution in [-0.4, -0.2) is 45.2 Å². The molecule has 1 saturated heterocycles. The lowest BCUT2D eigenvalue weighted by atomic mass is 9.80. The Morgan fingerprint density at radius 1 is 1.35 bits per heavy atom. The molecule has 0 spiro atoms. The summed E-state index contributed by atoms with van der Waals surface area (Å²) in [5.41, 5.74) is -0.782. The van der Waals surface area contributed by atoms with Crippen molar-refractivity contribution in [3.8, 4) is 0 Å². The standard InChI is InChI=1S/C13H26N2O5/c1-6-10(20-15(17)18)9-19-11-7-12(2,3)14(16)13(4,5)8-11/h10-11,16H,6-9H2,1-5H3. The molecular formula is C13H26N2O5. The van der Waals surface area contributed by atoms with E-state index in [4.69, 9.17) is 4.74 Å². The van der Waals surface area contributed by atoms with Crippen LogP contribution in [0.1, 0.15) is 53.9 Å². The summed E-state index contributed by atoms with van der Waals surface area (Å²) in [5, 5.41) is 21.1. The molecule has 0 aromatic heterocycles. The molecule has 0 amide bonds. The summed E-state index contributed by atoms with van der Waals surface area (Å²) in [6.45, 7) is 9.83. The molecule has 0 saturated carbocycles. The Bertz CT molecular complexity index is 328. The fourth-order valence-corrected chi connectivity index (χ4v) is 2.88. The van der Waals surface area contributed by atoms with Gasteiger partial charge in [-0.25, -0.2) is 0 Å². The quantitative estimate of drug-likeness (QED) is 0.597. The van der Waals surface area contributed by atoms with E-state index in [2.05, 4.69) is 4.84 Å². The Labute approximate surface area is 119 Å². The van der Waals surface area contributed by atoms with E-state index in [9.17, 15) is 15.3 Å². The van der Waals surface area contributed by atoms with Crippen molar-refractivity contribution in [2.75, 3.05) is 6.61 Å². The fraction of sp³-hybridized carbons (Fsp3) is 1.00. The number of hydrogen-bond donors (Lipinski definition) is 1. The van der Waals surface area contributed by atoms with Gasteiger partial charge in [-0.1, -0.05) is 6.92 Å². The molecular weight excluding hydrogens is 264 g/mol. The predicted octanol–water partition coefficient (Wildman–Crippen LogP) is 2.40. The monoisotopic (exact) mass is 290 g/mol. The zero-order valence-electron chi connectivity index (χ0n) is 13.0. The van der Waals surface area contributed by atoms with Crippen molar-refractivity contribution in [1.29, 1.82) is 0 Å². The molecule has 1 rings (SSSR count). The van der Waals surface area contributed by atoms with Gasteiger partial charge in [-0.3, -0.25) is 0 Å². The molecule has 0 bridgehead atoms. The predicted molar refractivity (Wildman–Crippen MR) is 72.9 cm³/mol. The number of piperidine rings is 1. The van der Waals surface area contributed by atoms with E-state index in [1.807, 2.05) is 34.6 Å². The van der Waals surface area contributed by atoms with E-state index in [1.165, 1.54) is 5.06 Å². The highest BCUT2D eigenvalue weighted by atomic mass is 17.0. The van der Waals surface area contributed by atoms with Crippen LogP contribution in [0.4, 0.5) is 0 Å². The van der Waals surface area contributed by atoms with Crippen molar-refractivity contribution in [2.24, 2.45) is 0 Å². The summed E-state index contributed by atoms with van der Waals surface area (Å²) >= 11 is 0. The van der Waals surface area contributed by atoms with Crippen LogP contribution in [0.15, 0.2) is 0 Å². The molecule has 1 heterocycles. The Kier molecular flexibility index (Phi) is 5.34. The molecule has 1 atom stereocenters. The molecule has 118 valence electrons. The first kappa shape index (κ1) is 17.1. The Morgan fingerprint density at radius 2 is 1.85 bits per heavy atom. The van der Waals surface area contributed by atoms with E-state index in [1.54, 1.807) is 0 Å². The van der Waals surface area contributed by atoms with Gasteiger partial charge in [0.2, 0.25) is 0 Å². The van der Waals surface area contributed by atoms with Gasteiger partial charge < -0.3 is 14.8 Å². The number of nitrogens with zero attached hydrogens (tertiary/aromatic N) is 2. The molecule has 7 nitrogen and oxygen atoms in total. The maximum Gasteiger partial charge on any atom is 0.294 e. The number of ether oxygens (including phenoxy) is 1. The number of hydrogen-bond acceptors (Lipinski definition) is 6. The summed E-state index contributed by atoms with van der Waals surface area (Å²) in [7, 11) is 0. The van der Waals surface area contributed by atoms with Gasteiger partial charge in [0.1, 0.15) is 6.10 Å². The van der Waals surface area contributed by atoms with Crippen molar-refractivity contribution < 1.29 is 19.9 Å². The Hall–Kier alpha value is -0.920. The third-order valence-electron chi connectivity index (χ3n) is 3.81. The lowest BCUT2D eigenvalue weighted by Gasteiger charge is -2.51. The van der Waals surface area contributed by atoms with Crippen LogP contribution in [0.3, 0.4) is 0 Å². The molecule has 1 aliphatic rings. The van der Waals surface area contributed by atoms with Crippen molar-refractivity contribution in [3.63, 3.8) is 0 Å². The molecule has 1 fully saturated rings. The SMILES string of the molecule is CCC(COC1CC(C)(C)N(O)C(C)(C)C1)O[N+](=O)[O-]. The minimum absolute atomic E-state index is 0.0483. The highest BCUT2D eigenvalue weighted by Gasteiger charge is 2.45. The van der Waals surface area contributed by atoms with Crippen LogP contribution in [0.25, 0.3) is 0 Å². The van der Waals surface area contributed by atoms with Crippen molar-refractivity contribution in [1.82, 2.24) is 5.06 Å². The average Bonchev–Trinajstić information content (AvgIpc) is 2.30. The third-order valence-corrected chi connectivity index (χ3v) is 3.81. The van der Waals surface area contributed by atoms with Gasteiger partial charge in [0.15, 0.2) is 0 Å². The summed E-state index contributed by atoms with van der Waals surface area (Å²) in [6, 6.07) is 0. The fourth-order valence-electron chi connectivity index (χ4n) is 2.88. The second-order valence-corrected chi connectivity index (χ2v) is 6.66. The average molecular weight is 290 g/mol. The molecule has 0 aliphatic carbocycles. The molecule has 0 aromatic rings. The summed E-state index contributed by atoms with van der Waals surface area (Å²) in [4.78, 5) is 14.9. The molecule has 1 N–H and O–H groups in total. The minimum atomic E-state index is -0.776. The summed E-state index contributed by atoms with van der Waals surface area (Å²) < 4.78 is 5.79. The van der Waals surface area contributed by atoms with Crippen molar-refractivity contribution in [3.05, 3.63) is 10.1 Å². The highest BCUT2D eigenvalue weighted by Crippen LogP contribution is 2.37. The van der Waals surface area contributed by atoms with Crippen LogP contribution in [0.2, 0.25) is 0 Å². The van der Waals surface area contributed by atoms with E-state index >= 15 is 0 Å². The first-order chi connectivity index (χ1) is 9.08. The summed E-state index contributed by atoms with van der Waals surface area (Å²) in [6.07, 6.45) is 1.27. The van der Waals surface area contributed by atoms with E-state index in [0.717, 1.165) is 0 Å². The first-order valence-electron chi connectivity index (χ1n) is 7.00. The van der Waals surface area contributed by atoms with Crippen LogP contribution >= 0.6 is 0 Å². The molecule has 0 aromatic carbocycles. The maximum atomic E-state index is 10.4. The zero-order valence-corrected chi connectivity index (χ0v) is 13.0. The highest BCUT2D eigenvalue weighted by molar-refractivity contribution is 4.96. The van der Waals surface area contributed by atoms with Gasteiger partial charge in [0, 0.05) is 11.1 Å². The minimum Gasteiger partial charge on any atom is -0.376 e. The van der Waals surface area contributed by atoms with Crippen LogP contribution in [0.5, 0.6) is 0 Å². The normalized spacial score (nSPS) is 24.3. The third kappa shape index (κ3) is 4.29. The Balaban J connectivity index is 2.58. The van der Waals surface area contributed by atoms with Crippen LogP contribution < -0.4 is 0 Å². The largest absolute Gasteiger partial charge is 0.376 e. The van der Waals surface area contributed by atoms with Crippen molar-refractivity contribution in [2.45, 2.75) is 77.2 Å². The zero-order chi connectivity index (χ0) is 15.6. The molecule has 7 heteroatoms. The second-order valence-electron chi connectivity index (χ2n) is 6.66. The number of hydroxylamine groups is 2. The maximum absolute atomic E-state index is 10.4. The second kappa shape index (κ2) is 6.24. The van der Waals surface area contributed by atoms with Gasteiger partial charge in [-0.2, -0.15) is 5.06 Å². The van der Waals surface area contributed by atoms with Gasteiger partial charge >= 0.3 is 0 Å². The topological polar surface area (TPSA) is 85.1 Å². The lowest BCUT2D eigenvalue weighted by Crippen LogP contribution is -2.60. The van der Waals surface area contributed by atoms with Crippen LogP contribution in [0, 0.1) is 10.1 Å². The molecule has 0 radical (unpaired) electrons. The smallest absolute Gasteiger partial charge is 0.294 e. The van der Waals surface area contributed by atoms with E-state index < -0.39 is 22.3 Å². The summed E-state index contributed by atoms with van der Waals surface area (Å²) in [5.74, 6) is 0. The molecule has 1 unspecified atom stereocenters. The molecule has 1 aliphatic heterocycles. The van der Waals surface area contributed by atoms with Gasteiger partial charge in [0.25, 0.3) is 5.09 Å². The van der Waals surface area contributed by atoms with E-state index in [-0.39, 0.29) is 12.7 Å². The number of rotatable bonds is 6. The van der Waals surface area contributed by atoms with Crippen LogP contribution in [-0.2, 0) is 9.57 Å². The Morgan fingerprint density at radius 3 is 2.25 bits per heavy atom. The van der Waals surface area contributed by atoms with Gasteiger partial charge in [-0.15, -0.1) is 10.1 Å². The first-order valence-corrected chi connectivity index (χ1v) is 7.00. The van der Waals surface area contributed by atoms with Gasteiger partial charge in [-0.05, 0) is 47.0 Å². The van der Waals surface area contributed by atoms with Gasteiger partial charge in [0.05, 0.1) is 12.7 Å². The lowest BCUT2D eigenvalue weighted by molar-refractivity contribution is -0.769. The molecule has 20 heavy (non-hydrogen) atoms. The van der Waals surface area contributed by atoms with E-state index in [0.29, 0.717) is 19.3 Å².